The smallest absolute Gasteiger partial charge is 0.263 e. The summed E-state index contributed by atoms with van der Waals surface area (Å²) >= 11 is 0. The lowest BCUT2D eigenvalue weighted by atomic mass is 10.3. The van der Waals surface area contributed by atoms with E-state index in [1.54, 1.807) is 13.0 Å². The minimum absolute atomic E-state index is 0.0149. The first-order valence-corrected chi connectivity index (χ1v) is 11.5. The Hall–Kier alpha value is -2.40. The fraction of sp³-hybridized carbons (Fsp3) is 0.375. The van der Waals surface area contributed by atoms with Crippen LogP contribution in [0.15, 0.2) is 35.2 Å². The topological polar surface area (TPSA) is 127 Å². The molecule has 27 heavy (non-hydrogen) atoms. The Morgan fingerprint density at radius 1 is 1.26 bits per heavy atom. The van der Waals surface area contributed by atoms with Crippen LogP contribution in [0.5, 0.6) is 0 Å². The van der Waals surface area contributed by atoms with E-state index in [0.29, 0.717) is 17.8 Å². The number of amides is 1. The molecule has 11 heteroatoms. The van der Waals surface area contributed by atoms with Crippen molar-refractivity contribution in [2.45, 2.75) is 31.2 Å². The second-order valence-corrected chi connectivity index (χ2v) is 10.4. The number of benzene rings is 1. The molecule has 0 spiro atoms. The number of nitrogens with one attached hydrogen (secondary N) is 2. The second-order valence-electron chi connectivity index (χ2n) is 6.48. The molecular formula is C16H20N4O5S2. The third-order valence-electron chi connectivity index (χ3n) is 4.14. The molecule has 1 fully saturated rings. The van der Waals surface area contributed by atoms with Crippen molar-refractivity contribution in [1.29, 1.82) is 0 Å². The van der Waals surface area contributed by atoms with Crippen LogP contribution in [-0.2, 0) is 24.7 Å². The van der Waals surface area contributed by atoms with E-state index in [-0.39, 0.29) is 28.1 Å². The van der Waals surface area contributed by atoms with Crippen molar-refractivity contribution in [3.8, 4) is 0 Å². The zero-order valence-electron chi connectivity index (χ0n) is 14.8. The van der Waals surface area contributed by atoms with Crippen molar-refractivity contribution in [3.05, 3.63) is 36.0 Å². The predicted octanol–water partition coefficient (Wildman–Crippen LogP) is 1.31. The molecule has 1 atom stereocenters. The minimum atomic E-state index is -3.90. The Morgan fingerprint density at radius 2 is 1.93 bits per heavy atom. The average molecular weight is 412 g/mol. The van der Waals surface area contributed by atoms with Gasteiger partial charge in [-0.1, -0.05) is 0 Å². The molecule has 2 aromatic rings. The van der Waals surface area contributed by atoms with E-state index < -0.39 is 25.9 Å². The number of carbonyl (C=O) groups excluding carboxylic acids is 1. The molecule has 1 aromatic heterocycles. The molecule has 9 nitrogen and oxygen atoms in total. The van der Waals surface area contributed by atoms with E-state index >= 15 is 0 Å². The molecule has 0 unspecified atom stereocenters. The van der Waals surface area contributed by atoms with Crippen molar-refractivity contribution in [2.24, 2.45) is 0 Å². The highest BCUT2D eigenvalue weighted by molar-refractivity contribution is 7.92. The Labute approximate surface area is 157 Å². The van der Waals surface area contributed by atoms with Gasteiger partial charge in [0, 0.05) is 18.7 Å². The van der Waals surface area contributed by atoms with E-state index in [4.69, 9.17) is 0 Å². The highest BCUT2D eigenvalue weighted by Gasteiger charge is 2.32. The molecule has 0 aliphatic carbocycles. The minimum Gasteiger partial charge on any atom is -0.326 e. The van der Waals surface area contributed by atoms with Crippen LogP contribution in [0, 0.1) is 6.92 Å². The van der Waals surface area contributed by atoms with E-state index in [0.717, 1.165) is 0 Å². The van der Waals surface area contributed by atoms with Crippen LogP contribution in [0.3, 0.4) is 0 Å². The molecule has 3 rings (SSSR count). The van der Waals surface area contributed by atoms with Crippen molar-refractivity contribution < 1.29 is 21.6 Å². The van der Waals surface area contributed by atoms with Crippen LogP contribution >= 0.6 is 0 Å². The lowest BCUT2D eigenvalue weighted by Gasteiger charge is -2.15. The molecule has 0 radical (unpaired) electrons. The van der Waals surface area contributed by atoms with Gasteiger partial charge in [-0.3, -0.25) is 9.52 Å². The van der Waals surface area contributed by atoms with Crippen molar-refractivity contribution in [1.82, 2.24) is 9.78 Å². The Balaban J connectivity index is 1.85. The average Bonchev–Trinajstić information content (AvgIpc) is 3.08. The molecule has 1 amide bonds. The fourth-order valence-corrected chi connectivity index (χ4v) is 5.69. The van der Waals surface area contributed by atoms with E-state index in [1.165, 1.54) is 35.9 Å². The fourth-order valence-electron chi connectivity index (χ4n) is 2.96. The zero-order chi connectivity index (χ0) is 19.8. The molecule has 0 saturated carbocycles. The number of sulfone groups is 1. The van der Waals surface area contributed by atoms with Crippen LogP contribution in [0.25, 0.3) is 0 Å². The van der Waals surface area contributed by atoms with Gasteiger partial charge in [-0.25, -0.2) is 21.5 Å². The number of rotatable bonds is 5. The molecule has 2 heterocycles. The van der Waals surface area contributed by atoms with Crippen molar-refractivity contribution in [2.75, 3.05) is 21.5 Å². The van der Waals surface area contributed by atoms with Gasteiger partial charge in [0.1, 0.15) is 5.82 Å². The van der Waals surface area contributed by atoms with Gasteiger partial charge in [-0.05, 0) is 37.6 Å². The van der Waals surface area contributed by atoms with Gasteiger partial charge in [0.15, 0.2) is 9.84 Å². The molecule has 2 N–H and O–H groups in total. The highest BCUT2D eigenvalue weighted by Crippen LogP contribution is 2.28. The summed E-state index contributed by atoms with van der Waals surface area (Å²) in [5.74, 6) is -0.0306. The number of nitrogens with zero attached hydrogens (tertiary/aromatic N) is 2. The number of aryl methyl sites for hydroxylation is 1. The maximum Gasteiger partial charge on any atom is 0.263 e. The standard InChI is InChI=1S/C16H20N4O5S2/c1-11-9-16(20(18-11)14-7-8-26(22,23)10-14)19-27(24,25)15-5-3-13(4-6-15)17-12(2)21/h3-6,9,14,19H,7-8,10H2,1-2H3,(H,17,21)/t14-/m1/s1. The summed E-state index contributed by atoms with van der Waals surface area (Å²) in [6.45, 7) is 3.07. The molecule has 1 aromatic carbocycles. The molecule has 1 aliphatic heterocycles. The van der Waals surface area contributed by atoms with Gasteiger partial charge in [0.25, 0.3) is 10.0 Å². The largest absolute Gasteiger partial charge is 0.326 e. The number of hydrogen-bond donors (Lipinski definition) is 2. The third kappa shape index (κ3) is 4.48. The third-order valence-corrected chi connectivity index (χ3v) is 7.26. The second kappa shape index (κ2) is 6.97. The van der Waals surface area contributed by atoms with Gasteiger partial charge < -0.3 is 5.32 Å². The summed E-state index contributed by atoms with van der Waals surface area (Å²) in [4.78, 5) is 11.1. The number of anilines is 2. The number of hydrogen-bond acceptors (Lipinski definition) is 6. The van der Waals surface area contributed by atoms with Crippen LogP contribution in [0.1, 0.15) is 25.1 Å². The normalized spacial score (nSPS) is 19.0. The summed E-state index contributed by atoms with van der Waals surface area (Å²) in [5.41, 5.74) is 1.07. The van der Waals surface area contributed by atoms with Gasteiger partial charge >= 0.3 is 0 Å². The van der Waals surface area contributed by atoms with Gasteiger partial charge in [-0.2, -0.15) is 5.10 Å². The number of sulfonamides is 1. The SMILES string of the molecule is CC(=O)Nc1ccc(S(=O)(=O)Nc2cc(C)nn2[C@@H]2CCS(=O)(=O)C2)cc1. The summed E-state index contributed by atoms with van der Waals surface area (Å²) in [6, 6.07) is 6.89. The summed E-state index contributed by atoms with van der Waals surface area (Å²) < 4.78 is 52.8. The Kier molecular flexibility index (Phi) is 5.00. The Bertz CT molecular complexity index is 1070. The predicted molar refractivity (Wildman–Crippen MR) is 101 cm³/mol. The lowest BCUT2D eigenvalue weighted by Crippen LogP contribution is -2.20. The summed E-state index contributed by atoms with van der Waals surface area (Å²) in [7, 11) is -7.03. The first-order valence-electron chi connectivity index (χ1n) is 8.23. The first-order chi connectivity index (χ1) is 12.6. The van der Waals surface area contributed by atoms with Gasteiger partial charge in [0.05, 0.1) is 28.1 Å². The molecule has 1 aliphatic rings. The van der Waals surface area contributed by atoms with Gasteiger partial charge in [0.2, 0.25) is 5.91 Å². The molecule has 146 valence electrons. The molecular weight excluding hydrogens is 392 g/mol. The van der Waals surface area contributed by atoms with Crippen LogP contribution < -0.4 is 10.0 Å². The van der Waals surface area contributed by atoms with Crippen LogP contribution in [0.4, 0.5) is 11.5 Å². The van der Waals surface area contributed by atoms with Crippen LogP contribution in [0.2, 0.25) is 0 Å². The quantitative estimate of drug-likeness (QED) is 0.762. The number of aromatic nitrogens is 2. The molecule has 0 bridgehead atoms. The van der Waals surface area contributed by atoms with E-state index in [9.17, 15) is 21.6 Å². The summed E-state index contributed by atoms with van der Waals surface area (Å²) in [5, 5.41) is 6.83. The highest BCUT2D eigenvalue weighted by atomic mass is 32.2. The van der Waals surface area contributed by atoms with E-state index in [1.807, 2.05) is 0 Å². The van der Waals surface area contributed by atoms with Crippen LogP contribution in [-0.4, -0.2) is 44.0 Å². The van der Waals surface area contributed by atoms with Gasteiger partial charge in [-0.15, -0.1) is 0 Å². The van der Waals surface area contributed by atoms with Crippen molar-refractivity contribution in [3.63, 3.8) is 0 Å². The summed E-state index contributed by atoms with van der Waals surface area (Å²) in [6.07, 6.45) is 0.392. The van der Waals surface area contributed by atoms with E-state index in [2.05, 4.69) is 15.1 Å². The maximum atomic E-state index is 12.7. The first kappa shape index (κ1) is 19.4. The lowest BCUT2D eigenvalue weighted by molar-refractivity contribution is -0.114. The molecule has 1 saturated heterocycles. The number of carbonyl (C=O) groups is 1. The zero-order valence-corrected chi connectivity index (χ0v) is 16.5. The monoisotopic (exact) mass is 412 g/mol. The Morgan fingerprint density at radius 3 is 2.48 bits per heavy atom. The van der Waals surface area contributed by atoms with Crippen molar-refractivity contribution >= 4 is 37.3 Å². The maximum absolute atomic E-state index is 12.7.